The van der Waals surface area contributed by atoms with E-state index in [1.807, 2.05) is 55.6 Å². The third-order valence-electron chi connectivity index (χ3n) is 4.28. The van der Waals surface area contributed by atoms with Crippen molar-refractivity contribution in [3.63, 3.8) is 0 Å². The molecule has 0 saturated carbocycles. The molecule has 0 aliphatic carbocycles. The second-order valence-electron chi connectivity index (χ2n) is 5.87. The average molecular weight is 303 g/mol. The number of nitrogens with zero attached hydrogens (tertiary/aromatic N) is 1. The van der Waals surface area contributed by atoms with Gasteiger partial charge in [0.25, 0.3) is 0 Å². The summed E-state index contributed by atoms with van der Waals surface area (Å²) in [5, 5.41) is 0. The smallest absolute Gasteiger partial charge is 0.230 e. The van der Waals surface area contributed by atoms with Crippen molar-refractivity contribution in [2.24, 2.45) is 5.92 Å². The first kappa shape index (κ1) is 15.3. The van der Waals surface area contributed by atoms with E-state index in [-0.39, 0.29) is 17.7 Å². The summed E-state index contributed by atoms with van der Waals surface area (Å²) in [5.74, 6) is 0.310. The molecule has 1 amide bonds. The summed E-state index contributed by atoms with van der Waals surface area (Å²) in [4.78, 5) is 14.4. The molecule has 116 valence electrons. The molecule has 2 atom stereocenters. The van der Waals surface area contributed by atoms with Crippen LogP contribution in [0.2, 0.25) is 0 Å². The van der Waals surface area contributed by atoms with Gasteiger partial charge in [-0.1, -0.05) is 85.8 Å². The fourth-order valence-corrected chi connectivity index (χ4v) is 2.94. The van der Waals surface area contributed by atoms with Crippen LogP contribution in [0.3, 0.4) is 0 Å². The highest BCUT2D eigenvalue weighted by molar-refractivity contribution is 5.82. The number of rotatable bonds is 4. The Hall–Kier alpha value is -2.61. The maximum absolute atomic E-state index is 12.6. The molecule has 2 aromatic carbocycles. The van der Waals surface area contributed by atoms with Gasteiger partial charge in [0.15, 0.2) is 0 Å². The highest BCUT2D eigenvalue weighted by Gasteiger charge is 2.29. The molecule has 2 aromatic rings. The molecular formula is C21H21NO. The SMILES string of the molecule is C[C@@H]1C(=O)N(C/C=C/c2ccccc2)C=C[C@H]1c1ccccc1. The van der Waals surface area contributed by atoms with Gasteiger partial charge < -0.3 is 4.90 Å². The summed E-state index contributed by atoms with van der Waals surface area (Å²) >= 11 is 0. The monoisotopic (exact) mass is 303 g/mol. The number of amides is 1. The summed E-state index contributed by atoms with van der Waals surface area (Å²) in [5.41, 5.74) is 2.35. The van der Waals surface area contributed by atoms with Crippen LogP contribution in [0.25, 0.3) is 6.08 Å². The van der Waals surface area contributed by atoms with Crippen molar-refractivity contribution in [2.75, 3.05) is 6.54 Å². The third-order valence-corrected chi connectivity index (χ3v) is 4.28. The molecule has 0 spiro atoms. The van der Waals surface area contributed by atoms with Gasteiger partial charge in [0.2, 0.25) is 5.91 Å². The first-order chi connectivity index (χ1) is 11.3. The van der Waals surface area contributed by atoms with E-state index in [1.54, 1.807) is 4.90 Å². The van der Waals surface area contributed by atoms with Crippen molar-refractivity contribution in [3.8, 4) is 0 Å². The van der Waals surface area contributed by atoms with Gasteiger partial charge in [-0.15, -0.1) is 0 Å². The third kappa shape index (κ3) is 3.59. The Morgan fingerprint density at radius 3 is 2.35 bits per heavy atom. The molecule has 1 heterocycles. The Kier molecular flexibility index (Phi) is 4.72. The van der Waals surface area contributed by atoms with Crippen LogP contribution >= 0.6 is 0 Å². The van der Waals surface area contributed by atoms with Gasteiger partial charge in [0.05, 0.1) is 0 Å². The minimum atomic E-state index is -0.0347. The number of carbonyl (C=O) groups excluding carboxylic acids is 1. The predicted octanol–water partition coefficient (Wildman–Crippen LogP) is 4.48. The van der Waals surface area contributed by atoms with Crippen LogP contribution in [0.5, 0.6) is 0 Å². The number of hydrogen-bond acceptors (Lipinski definition) is 1. The number of hydrogen-bond donors (Lipinski definition) is 0. The van der Waals surface area contributed by atoms with E-state index in [9.17, 15) is 4.79 Å². The van der Waals surface area contributed by atoms with Crippen molar-refractivity contribution >= 4 is 12.0 Å². The molecule has 1 aliphatic heterocycles. The van der Waals surface area contributed by atoms with Gasteiger partial charge in [-0.3, -0.25) is 4.79 Å². The van der Waals surface area contributed by atoms with Crippen LogP contribution in [0.1, 0.15) is 24.0 Å². The lowest BCUT2D eigenvalue weighted by Gasteiger charge is -2.30. The largest absolute Gasteiger partial charge is 0.315 e. The summed E-state index contributed by atoms with van der Waals surface area (Å²) in [7, 11) is 0. The maximum Gasteiger partial charge on any atom is 0.230 e. The van der Waals surface area contributed by atoms with Crippen molar-refractivity contribution in [1.82, 2.24) is 4.90 Å². The minimum Gasteiger partial charge on any atom is -0.315 e. The molecule has 0 bridgehead atoms. The molecule has 0 saturated heterocycles. The normalized spacial score (nSPS) is 21.1. The van der Waals surface area contributed by atoms with Gasteiger partial charge in [0.1, 0.15) is 0 Å². The van der Waals surface area contributed by atoms with Crippen molar-refractivity contribution in [3.05, 3.63) is 90.1 Å². The summed E-state index contributed by atoms with van der Waals surface area (Å²) in [6, 6.07) is 20.4. The average Bonchev–Trinajstić information content (AvgIpc) is 2.60. The molecule has 0 aromatic heterocycles. The fraction of sp³-hybridized carbons (Fsp3) is 0.190. The zero-order chi connectivity index (χ0) is 16.1. The van der Waals surface area contributed by atoms with E-state index in [4.69, 9.17) is 0 Å². The number of allylic oxidation sites excluding steroid dienone is 1. The lowest BCUT2D eigenvalue weighted by atomic mass is 9.84. The zero-order valence-corrected chi connectivity index (χ0v) is 13.3. The van der Waals surface area contributed by atoms with Gasteiger partial charge in [-0.2, -0.15) is 0 Å². The van der Waals surface area contributed by atoms with Crippen LogP contribution in [0.4, 0.5) is 0 Å². The topological polar surface area (TPSA) is 20.3 Å². The molecule has 3 rings (SSSR count). The van der Waals surface area contributed by atoms with Gasteiger partial charge >= 0.3 is 0 Å². The number of carbonyl (C=O) groups is 1. The Labute approximate surface area is 137 Å². The Bertz CT molecular complexity index is 703. The second kappa shape index (κ2) is 7.10. The molecular weight excluding hydrogens is 282 g/mol. The number of benzene rings is 2. The Balaban J connectivity index is 1.69. The van der Waals surface area contributed by atoms with Crippen LogP contribution in [-0.2, 0) is 4.79 Å². The lowest BCUT2D eigenvalue weighted by molar-refractivity contribution is -0.133. The van der Waals surface area contributed by atoms with E-state index in [0.717, 1.165) is 5.56 Å². The van der Waals surface area contributed by atoms with Crippen molar-refractivity contribution < 1.29 is 4.79 Å². The summed E-state index contributed by atoms with van der Waals surface area (Å²) in [6.45, 7) is 2.62. The Morgan fingerprint density at radius 1 is 1.00 bits per heavy atom. The maximum atomic E-state index is 12.6. The molecule has 1 aliphatic rings. The lowest BCUT2D eigenvalue weighted by Crippen LogP contribution is -2.36. The van der Waals surface area contributed by atoms with E-state index in [0.29, 0.717) is 6.54 Å². The minimum absolute atomic E-state index is 0.0347. The van der Waals surface area contributed by atoms with Crippen LogP contribution < -0.4 is 0 Å². The van der Waals surface area contributed by atoms with Crippen molar-refractivity contribution in [1.29, 1.82) is 0 Å². The molecule has 2 heteroatoms. The van der Waals surface area contributed by atoms with Crippen LogP contribution in [0.15, 0.2) is 79.0 Å². The van der Waals surface area contributed by atoms with Crippen LogP contribution in [-0.4, -0.2) is 17.4 Å². The zero-order valence-electron chi connectivity index (χ0n) is 13.3. The first-order valence-electron chi connectivity index (χ1n) is 8.01. The first-order valence-corrected chi connectivity index (χ1v) is 8.01. The van der Waals surface area contributed by atoms with Gasteiger partial charge in [0, 0.05) is 24.6 Å². The highest BCUT2D eigenvalue weighted by Crippen LogP contribution is 2.31. The van der Waals surface area contributed by atoms with Gasteiger partial charge in [-0.05, 0) is 11.1 Å². The standard InChI is InChI=1S/C21H21NO/c1-17-20(19-12-6-3-7-13-19)14-16-22(21(17)23)15-8-11-18-9-4-2-5-10-18/h2-14,16-17,20H,15H2,1H3/b11-8+/t17-,20+/m0/s1. The molecule has 23 heavy (non-hydrogen) atoms. The van der Waals surface area contributed by atoms with Crippen molar-refractivity contribution in [2.45, 2.75) is 12.8 Å². The fourth-order valence-electron chi connectivity index (χ4n) is 2.94. The van der Waals surface area contributed by atoms with Gasteiger partial charge in [-0.25, -0.2) is 0 Å². The summed E-state index contributed by atoms with van der Waals surface area (Å²) < 4.78 is 0. The predicted molar refractivity (Wildman–Crippen MR) is 94.7 cm³/mol. The molecule has 2 nitrogen and oxygen atoms in total. The van der Waals surface area contributed by atoms with E-state index >= 15 is 0 Å². The van der Waals surface area contributed by atoms with E-state index in [1.165, 1.54) is 5.56 Å². The quantitative estimate of drug-likeness (QED) is 0.815. The van der Waals surface area contributed by atoms with E-state index in [2.05, 4.69) is 36.4 Å². The molecule has 0 radical (unpaired) electrons. The molecule has 0 fully saturated rings. The highest BCUT2D eigenvalue weighted by atomic mass is 16.2. The van der Waals surface area contributed by atoms with Crippen LogP contribution in [0, 0.1) is 5.92 Å². The Morgan fingerprint density at radius 2 is 1.65 bits per heavy atom. The second-order valence-corrected chi connectivity index (χ2v) is 5.87. The van der Waals surface area contributed by atoms with E-state index < -0.39 is 0 Å². The summed E-state index contributed by atoms with van der Waals surface area (Å²) in [6.07, 6.45) is 8.15. The molecule has 0 N–H and O–H groups in total. The molecule has 0 unspecified atom stereocenters.